The Hall–Kier alpha value is -4.51. The molecule has 0 saturated heterocycles. The molecule has 0 radical (unpaired) electrons. The van der Waals surface area contributed by atoms with Gasteiger partial charge in [0.1, 0.15) is 11.4 Å². The number of aromatic nitrogens is 1. The van der Waals surface area contributed by atoms with Crippen LogP contribution in [-0.4, -0.2) is 14.8 Å². The first-order chi connectivity index (χ1) is 16.8. The normalized spacial score (nSPS) is 10.5. The van der Waals surface area contributed by atoms with E-state index >= 15 is 0 Å². The van der Waals surface area contributed by atoms with Gasteiger partial charge in [0.25, 0.3) is 11.4 Å². The number of hydrogen-bond donors (Lipinski definition) is 3. The molecule has 0 fully saturated rings. The summed E-state index contributed by atoms with van der Waals surface area (Å²) in [6.07, 6.45) is 1.60. The Balaban J connectivity index is 1.75. The SMILES string of the molecule is Cc1ncccc1Nc1cc(Nc2ccccc2Nc2ccc(Br)cc2)c([N+](=O)[O-])cc1[N+](=O)[O-]. The maximum atomic E-state index is 11.8. The van der Waals surface area contributed by atoms with Crippen LogP contribution in [0.5, 0.6) is 0 Å². The fourth-order valence-corrected chi connectivity index (χ4v) is 3.64. The number of nitro benzene ring substituents is 2. The number of nitro groups is 2. The number of benzene rings is 3. The third-order valence-corrected chi connectivity index (χ3v) is 5.63. The van der Waals surface area contributed by atoms with Crippen LogP contribution in [0.1, 0.15) is 5.69 Å². The van der Waals surface area contributed by atoms with Gasteiger partial charge < -0.3 is 16.0 Å². The summed E-state index contributed by atoms with van der Waals surface area (Å²) in [4.78, 5) is 26.4. The van der Waals surface area contributed by atoms with Crippen molar-refractivity contribution in [1.82, 2.24) is 4.98 Å². The number of hydrogen-bond acceptors (Lipinski definition) is 8. The number of halogens is 1. The van der Waals surface area contributed by atoms with Gasteiger partial charge in [0.2, 0.25) is 0 Å². The van der Waals surface area contributed by atoms with Gasteiger partial charge in [0.05, 0.1) is 38.7 Å². The molecule has 176 valence electrons. The molecular formula is C24H19BrN6O4. The van der Waals surface area contributed by atoms with Crippen LogP contribution >= 0.6 is 15.9 Å². The first-order valence-corrected chi connectivity index (χ1v) is 11.2. The second kappa shape index (κ2) is 10.2. The smallest absolute Gasteiger partial charge is 0.299 e. The van der Waals surface area contributed by atoms with Gasteiger partial charge >= 0.3 is 0 Å². The van der Waals surface area contributed by atoms with Crippen molar-refractivity contribution < 1.29 is 9.85 Å². The summed E-state index contributed by atoms with van der Waals surface area (Å²) < 4.78 is 0.930. The summed E-state index contributed by atoms with van der Waals surface area (Å²) in [5.74, 6) is 0. The van der Waals surface area contributed by atoms with Crippen molar-refractivity contribution in [2.24, 2.45) is 0 Å². The van der Waals surface area contributed by atoms with Crippen molar-refractivity contribution in [1.29, 1.82) is 0 Å². The number of rotatable bonds is 8. The van der Waals surface area contributed by atoms with Crippen molar-refractivity contribution in [3.05, 3.63) is 109 Å². The van der Waals surface area contributed by atoms with Crippen LogP contribution in [-0.2, 0) is 0 Å². The lowest BCUT2D eigenvalue weighted by atomic mass is 10.1. The summed E-state index contributed by atoms with van der Waals surface area (Å²) >= 11 is 3.40. The molecule has 0 aliphatic carbocycles. The zero-order valence-corrected chi connectivity index (χ0v) is 19.9. The van der Waals surface area contributed by atoms with E-state index in [1.807, 2.05) is 36.4 Å². The second-order valence-electron chi connectivity index (χ2n) is 7.46. The third kappa shape index (κ3) is 5.53. The minimum absolute atomic E-state index is 0.0923. The fourth-order valence-electron chi connectivity index (χ4n) is 3.38. The topological polar surface area (TPSA) is 135 Å². The predicted octanol–water partition coefficient (Wildman–Crippen LogP) is 7.20. The maximum absolute atomic E-state index is 11.8. The van der Waals surface area contributed by atoms with Crippen LogP contribution < -0.4 is 16.0 Å². The molecule has 0 saturated carbocycles. The molecule has 1 aromatic heterocycles. The molecule has 0 atom stereocenters. The van der Waals surface area contributed by atoms with Crippen LogP contribution in [0.25, 0.3) is 0 Å². The molecular weight excluding hydrogens is 516 g/mol. The van der Waals surface area contributed by atoms with Crippen molar-refractivity contribution in [3.8, 4) is 0 Å². The number of nitrogens with zero attached hydrogens (tertiary/aromatic N) is 3. The Morgan fingerprint density at radius 3 is 1.83 bits per heavy atom. The fraction of sp³-hybridized carbons (Fsp3) is 0.0417. The van der Waals surface area contributed by atoms with E-state index < -0.39 is 21.2 Å². The van der Waals surface area contributed by atoms with E-state index in [2.05, 4.69) is 36.9 Å². The summed E-state index contributed by atoms with van der Waals surface area (Å²) in [7, 11) is 0. The monoisotopic (exact) mass is 534 g/mol. The third-order valence-electron chi connectivity index (χ3n) is 5.10. The molecule has 4 aromatic rings. The predicted molar refractivity (Wildman–Crippen MR) is 139 cm³/mol. The highest BCUT2D eigenvalue weighted by Crippen LogP contribution is 2.40. The molecule has 1 heterocycles. The zero-order chi connectivity index (χ0) is 24.9. The summed E-state index contributed by atoms with van der Waals surface area (Å²) in [5, 5.41) is 32.9. The Labute approximate surface area is 208 Å². The quantitative estimate of drug-likeness (QED) is 0.159. The second-order valence-corrected chi connectivity index (χ2v) is 8.38. The van der Waals surface area contributed by atoms with Gasteiger partial charge in [-0.2, -0.15) is 0 Å². The van der Waals surface area contributed by atoms with Gasteiger partial charge in [0.15, 0.2) is 0 Å². The van der Waals surface area contributed by atoms with Gasteiger partial charge in [-0.05, 0) is 61.5 Å². The molecule has 11 heteroatoms. The van der Waals surface area contributed by atoms with E-state index in [0.29, 0.717) is 22.8 Å². The molecule has 0 bridgehead atoms. The van der Waals surface area contributed by atoms with E-state index in [9.17, 15) is 20.2 Å². The Kier molecular flexibility index (Phi) is 6.88. The number of anilines is 6. The van der Waals surface area contributed by atoms with Gasteiger partial charge in [-0.15, -0.1) is 0 Å². The first-order valence-electron chi connectivity index (χ1n) is 10.4. The molecule has 0 aliphatic rings. The molecule has 10 nitrogen and oxygen atoms in total. The molecule has 3 N–H and O–H groups in total. The van der Waals surface area contributed by atoms with Crippen LogP contribution in [0.2, 0.25) is 0 Å². The first kappa shape index (κ1) is 23.6. The summed E-state index contributed by atoms with van der Waals surface area (Å²) in [6.45, 7) is 1.75. The maximum Gasteiger partial charge on any atom is 0.299 e. The molecule has 3 aromatic carbocycles. The lowest BCUT2D eigenvalue weighted by molar-refractivity contribution is -0.393. The van der Waals surface area contributed by atoms with Crippen LogP contribution in [0, 0.1) is 27.2 Å². The minimum atomic E-state index is -0.659. The molecule has 0 spiro atoms. The van der Waals surface area contributed by atoms with Crippen molar-refractivity contribution in [3.63, 3.8) is 0 Å². The molecule has 0 amide bonds. The highest BCUT2D eigenvalue weighted by Gasteiger charge is 2.25. The van der Waals surface area contributed by atoms with E-state index in [0.717, 1.165) is 16.2 Å². The molecule has 0 unspecified atom stereocenters. The Morgan fingerprint density at radius 2 is 1.26 bits per heavy atom. The van der Waals surface area contributed by atoms with E-state index in [1.165, 1.54) is 6.07 Å². The minimum Gasteiger partial charge on any atom is -0.354 e. The van der Waals surface area contributed by atoms with Crippen LogP contribution in [0.15, 0.2) is 83.5 Å². The summed E-state index contributed by atoms with van der Waals surface area (Å²) in [6, 6.07) is 20.4. The number of pyridine rings is 1. The largest absolute Gasteiger partial charge is 0.354 e. The lowest BCUT2D eigenvalue weighted by Gasteiger charge is -2.16. The average Bonchev–Trinajstić information content (AvgIpc) is 2.83. The molecule has 0 aliphatic heterocycles. The Bertz CT molecular complexity index is 1410. The zero-order valence-electron chi connectivity index (χ0n) is 18.4. The van der Waals surface area contributed by atoms with Gasteiger partial charge in [-0.3, -0.25) is 25.2 Å². The summed E-state index contributed by atoms with van der Waals surface area (Å²) in [5.41, 5.74) is 2.54. The molecule has 35 heavy (non-hydrogen) atoms. The Morgan fingerprint density at radius 1 is 0.714 bits per heavy atom. The van der Waals surface area contributed by atoms with Crippen molar-refractivity contribution in [2.45, 2.75) is 6.92 Å². The number of nitrogens with one attached hydrogen (secondary N) is 3. The van der Waals surface area contributed by atoms with E-state index in [1.54, 1.807) is 37.4 Å². The average molecular weight is 535 g/mol. The highest BCUT2D eigenvalue weighted by molar-refractivity contribution is 9.10. The van der Waals surface area contributed by atoms with Crippen molar-refractivity contribution >= 4 is 61.4 Å². The molecule has 4 rings (SSSR count). The highest BCUT2D eigenvalue weighted by atomic mass is 79.9. The number of aryl methyl sites for hydroxylation is 1. The lowest BCUT2D eigenvalue weighted by Crippen LogP contribution is -2.04. The number of para-hydroxylation sites is 2. The van der Waals surface area contributed by atoms with E-state index in [-0.39, 0.29) is 11.4 Å². The van der Waals surface area contributed by atoms with Crippen LogP contribution in [0.4, 0.5) is 45.5 Å². The standard InChI is InChI=1S/C24H19BrN6O4/c1-15-18(7-4-12-26-15)28-21-13-22(24(31(34)35)14-23(21)30(32)33)29-20-6-3-2-5-19(20)27-17-10-8-16(25)9-11-17/h2-14,27-29H,1H3. The van der Waals surface area contributed by atoms with Gasteiger partial charge in [-0.1, -0.05) is 28.1 Å². The van der Waals surface area contributed by atoms with Gasteiger partial charge in [0, 0.05) is 16.4 Å². The van der Waals surface area contributed by atoms with Crippen LogP contribution in [0.3, 0.4) is 0 Å². The van der Waals surface area contributed by atoms with E-state index in [4.69, 9.17) is 0 Å². The van der Waals surface area contributed by atoms with Crippen molar-refractivity contribution in [2.75, 3.05) is 16.0 Å². The van der Waals surface area contributed by atoms with Gasteiger partial charge in [-0.25, -0.2) is 0 Å².